The molecule has 4 heteroatoms. The first-order chi connectivity index (χ1) is 13.6. The van der Waals surface area contributed by atoms with Crippen LogP contribution in [0.5, 0.6) is 0 Å². The Morgan fingerprint density at radius 1 is 1.14 bits per heavy atom. The van der Waals surface area contributed by atoms with Gasteiger partial charge in [0.15, 0.2) is 0 Å². The van der Waals surface area contributed by atoms with Gasteiger partial charge < -0.3 is 14.9 Å². The average molecular weight is 411 g/mol. The first-order valence-corrected chi connectivity index (χ1v) is 11.9. The van der Waals surface area contributed by atoms with Crippen molar-refractivity contribution in [2.75, 3.05) is 6.61 Å². The van der Waals surface area contributed by atoms with Crippen molar-refractivity contribution < 1.29 is 19.7 Å². The SMILES string of the molecule is CCCCC(C)(C)C(C)(O)CC=C1CC[C@@H](O)[C@@H]1CCCCCCC(=O)OCC. The third-order valence-electron chi connectivity index (χ3n) is 7.00. The van der Waals surface area contributed by atoms with Crippen LogP contribution < -0.4 is 0 Å². The lowest BCUT2D eigenvalue weighted by molar-refractivity contribution is -0.143. The van der Waals surface area contributed by atoms with Gasteiger partial charge in [-0.15, -0.1) is 0 Å². The number of carbonyl (C=O) groups is 1. The van der Waals surface area contributed by atoms with E-state index >= 15 is 0 Å². The number of ether oxygens (including phenoxy) is 1. The van der Waals surface area contributed by atoms with Gasteiger partial charge in [0.05, 0.1) is 18.3 Å². The van der Waals surface area contributed by atoms with Gasteiger partial charge in [0, 0.05) is 12.3 Å². The molecule has 0 radical (unpaired) electrons. The number of carbonyl (C=O) groups excluding carboxylic acids is 1. The van der Waals surface area contributed by atoms with Crippen LogP contribution >= 0.6 is 0 Å². The van der Waals surface area contributed by atoms with Gasteiger partial charge >= 0.3 is 5.97 Å². The molecule has 0 heterocycles. The number of esters is 1. The molecule has 4 nitrogen and oxygen atoms in total. The quantitative estimate of drug-likeness (QED) is 0.211. The molecule has 0 aromatic heterocycles. The Morgan fingerprint density at radius 2 is 1.83 bits per heavy atom. The van der Waals surface area contributed by atoms with Crippen LogP contribution in [-0.4, -0.2) is 34.5 Å². The highest BCUT2D eigenvalue weighted by Crippen LogP contribution is 2.41. The molecule has 0 amide bonds. The third-order valence-corrected chi connectivity index (χ3v) is 7.00. The first-order valence-electron chi connectivity index (χ1n) is 11.9. The Morgan fingerprint density at radius 3 is 2.48 bits per heavy atom. The molecule has 1 aliphatic carbocycles. The Kier molecular flexibility index (Phi) is 11.5. The second kappa shape index (κ2) is 12.7. The number of hydrogen-bond donors (Lipinski definition) is 2. The highest BCUT2D eigenvalue weighted by Gasteiger charge is 2.38. The Hall–Kier alpha value is -0.870. The number of aliphatic hydroxyl groups is 2. The molecule has 2 N–H and O–H groups in total. The minimum Gasteiger partial charge on any atom is -0.466 e. The van der Waals surface area contributed by atoms with Crippen LogP contribution in [0.25, 0.3) is 0 Å². The van der Waals surface area contributed by atoms with Gasteiger partial charge in [-0.25, -0.2) is 0 Å². The number of aliphatic hydroxyl groups excluding tert-OH is 1. The topological polar surface area (TPSA) is 66.8 Å². The van der Waals surface area contributed by atoms with Gasteiger partial charge in [-0.2, -0.15) is 0 Å². The maximum absolute atomic E-state index is 11.4. The fraction of sp³-hybridized carbons (Fsp3) is 0.880. The molecule has 3 atom stereocenters. The first kappa shape index (κ1) is 26.2. The third kappa shape index (κ3) is 8.80. The Balaban J connectivity index is 2.47. The lowest BCUT2D eigenvalue weighted by Crippen LogP contribution is -2.41. The molecule has 0 saturated heterocycles. The Bertz CT molecular complexity index is 507. The van der Waals surface area contributed by atoms with E-state index < -0.39 is 5.60 Å². The summed E-state index contributed by atoms with van der Waals surface area (Å²) in [7, 11) is 0. The van der Waals surface area contributed by atoms with Crippen LogP contribution in [-0.2, 0) is 9.53 Å². The summed E-state index contributed by atoms with van der Waals surface area (Å²) in [6.45, 7) is 10.8. The average Bonchev–Trinajstić information content (AvgIpc) is 3.01. The van der Waals surface area contributed by atoms with Gasteiger partial charge in [0.25, 0.3) is 0 Å². The zero-order valence-corrected chi connectivity index (χ0v) is 19.6. The van der Waals surface area contributed by atoms with Crippen LogP contribution in [0.4, 0.5) is 0 Å². The van der Waals surface area contributed by atoms with Crippen LogP contribution in [0.2, 0.25) is 0 Å². The molecule has 1 rings (SSSR count). The normalized spacial score (nSPS) is 23.3. The summed E-state index contributed by atoms with van der Waals surface area (Å²) < 4.78 is 4.96. The molecule has 0 aromatic carbocycles. The van der Waals surface area contributed by atoms with Gasteiger partial charge in [-0.3, -0.25) is 4.79 Å². The summed E-state index contributed by atoms with van der Waals surface area (Å²) in [6.07, 6.45) is 13.3. The van der Waals surface area contributed by atoms with E-state index in [4.69, 9.17) is 4.74 Å². The van der Waals surface area contributed by atoms with Gasteiger partial charge in [-0.05, 0) is 57.8 Å². The van der Waals surface area contributed by atoms with Crippen molar-refractivity contribution >= 4 is 5.97 Å². The van der Waals surface area contributed by atoms with E-state index in [2.05, 4.69) is 26.8 Å². The molecular formula is C25H46O4. The molecule has 0 aliphatic heterocycles. The lowest BCUT2D eigenvalue weighted by Gasteiger charge is -2.40. The molecule has 0 aromatic rings. The molecule has 1 saturated carbocycles. The summed E-state index contributed by atoms with van der Waals surface area (Å²) in [5.74, 6) is 0.132. The highest BCUT2D eigenvalue weighted by molar-refractivity contribution is 5.69. The summed E-state index contributed by atoms with van der Waals surface area (Å²) in [6, 6.07) is 0. The van der Waals surface area contributed by atoms with Crippen molar-refractivity contribution in [1.82, 2.24) is 0 Å². The zero-order chi connectivity index (χ0) is 21.9. The van der Waals surface area contributed by atoms with Crippen molar-refractivity contribution in [2.24, 2.45) is 11.3 Å². The molecule has 0 spiro atoms. The molecule has 1 fully saturated rings. The monoisotopic (exact) mass is 410 g/mol. The molecular weight excluding hydrogens is 364 g/mol. The number of rotatable bonds is 14. The second-order valence-corrected chi connectivity index (χ2v) is 9.71. The Labute approximate surface area is 179 Å². The van der Waals surface area contributed by atoms with E-state index in [0.717, 1.165) is 64.2 Å². The lowest BCUT2D eigenvalue weighted by atomic mass is 9.70. The van der Waals surface area contributed by atoms with E-state index in [1.54, 1.807) is 0 Å². The maximum atomic E-state index is 11.4. The van der Waals surface area contributed by atoms with E-state index in [0.29, 0.717) is 19.4 Å². The minimum absolute atomic E-state index is 0.0992. The summed E-state index contributed by atoms with van der Waals surface area (Å²) in [4.78, 5) is 11.4. The predicted octanol–water partition coefficient (Wildman–Crippen LogP) is 5.94. The van der Waals surface area contributed by atoms with Crippen LogP contribution in [0.1, 0.15) is 112 Å². The van der Waals surface area contributed by atoms with E-state index in [1.807, 2.05) is 13.8 Å². The minimum atomic E-state index is -0.736. The maximum Gasteiger partial charge on any atom is 0.305 e. The smallest absolute Gasteiger partial charge is 0.305 e. The summed E-state index contributed by atoms with van der Waals surface area (Å²) in [5.41, 5.74) is 0.474. The molecule has 0 bridgehead atoms. The second-order valence-electron chi connectivity index (χ2n) is 9.71. The summed E-state index contributed by atoms with van der Waals surface area (Å²) in [5, 5.41) is 21.5. The van der Waals surface area contributed by atoms with Gasteiger partial charge in [0.1, 0.15) is 0 Å². The summed E-state index contributed by atoms with van der Waals surface area (Å²) >= 11 is 0. The van der Waals surface area contributed by atoms with Crippen molar-refractivity contribution in [3.8, 4) is 0 Å². The number of hydrogen-bond acceptors (Lipinski definition) is 4. The predicted molar refractivity (Wildman–Crippen MR) is 120 cm³/mol. The number of unbranched alkanes of at least 4 members (excludes halogenated alkanes) is 4. The molecule has 1 aliphatic rings. The zero-order valence-electron chi connectivity index (χ0n) is 19.6. The van der Waals surface area contributed by atoms with E-state index in [1.165, 1.54) is 5.57 Å². The van der Waals surface area contributed by atoms with Crippen molar-refractivity contribution in [2.45, 2.75) is 123 Å². The van der Waals surface area contributed by atoms with Crippen LogP contribution in [0.3, 0.4) is 0 Å². The molecule has 170 valence electrons. The largest absolute Gasteiger partial charge is 0.466 e. The van der Waals surface area contributed by atoms with Crippen molar-refractivity contribution in [1.29, 1.82) is 0 Å². The van der Waals surface area contributed by atoms with Crippen molar-refractivity contribution in [3.05, 3.63) is 11.6 Å². The van der Waals surface area contributed by atoms with E-state index in [-0.39, 0.29) is 23.4 Å². The highest BCUT2D eigenvalue weighted by atomic mass is 16.5. The van der Waals surface area contributed by atoms with Gasteiger partial charge in [-0.1, -0.05) is 64.5 Å². The van der Waals surface area contributed by atoms with Crippen molar-refractivity contribution in [3.63, 3.8) is 0 Å². The van der Waals surface area contributed by atoms with Crippen LogP contribution in [0, 0.1) is 11.3 Å². The van der Waals surface area contributed by atoms with Crippen LogP contribution in [0.15, 0.2) is 11.6 Å². The van der Waals surface area contributed by atoms with E-state index in [9.17, 15) is 15.0 Å². The molecule has 29 heavy (non-hydrogen) atoms. The molecule has 1 unspecified atom stereocenters. The van der Waals surface area contributed by atoms with Gasteiger partial charge in [0.2, 0.25) is 0 Å². The standard InChI is InChI=1S/C25H46O4/c1-6-8-18-24(3,4)25(5,28)19-17-20-15-16-22(26)21(20)13-11-9-10-12-14-23(27)29-7-2/h17,21-22,26,28H,6-16,18-19H2,1-5H3/t21-,22-,25?/m1/s1. The fourth-order valence-corrected chi connectivity index (χ4v) is 4.29. The fourth-order valence-electron chi connectivity index (χ4n) is 4.29.